The van der Waals surface area contributed by atoms with E-state index in [2.05, 4.69) is 21.0 Å². The SMILES string of the molecule is CN(C)c1ccc(C2=N/[N+](=C\c3ccccc3Br)[B-](F)(F)O2)cc1. The van der Waals surface area contributed by atoms with Crippen molar-refractivity contribution < 1.29 is 17.9 Å². The molecule has 0 saturated heterocycles. The highest BCUT2D eigenvalue weighted by atomic mass is 79.9. The first-order chi connectivity index (χ1) is 11.4. The molecule has 2 aromatic rings. The molecule has 0 bridgehead atoms. The first kappa shape index (κ1) is 16.6. The summed E-state index contributed by atoms with van der Waals surface area (Å²) in [6.07, 6.45) is 1.27. The Morgan fingerprint density at radius 1 is 1.12 bits per heavy atom. The second-order valence-electron chi connectivity index (χ2n) is 5.56. The lowest BCUT2D eigenvalue weighted by atomic mass is 10.1. The molecule has 0 spiro atoms. The summed E-state index contributed by atoms with van der Waals surface area (Å²) >= 11 is 3.33. The summed E-state index contributed by atoms with van der Waals surface area (Å²) < 4.78 is 34.4. The summed E-state index contributed by atoms with van der Waals surface area (Å²) in [7, 11) is -0.432. The van der Waals surface area contributed by atoms with E-state index < -0.39 is 7.04 Å². The minimum Gasteiger partial charge on any atom is -0.580 e. The van der Waals surface area contributed by atoms with Crippen LogP contribution in [0.15, 0.2) is 58.1 Å². The molecule has 0 amide bonds. The number of hydrazone groups is 1. The molecule has 24 heavy (non-hydrogen) atoms. The molecule has 4 nitrogen and oxygen atoms in total. The van der Waals surface area contributed by atoms with Crippen molar-refractivity contribution in [3.63, 3.8) is 0 Å². The standard InChI is InChI=1S/C16H15BBrF2N3O/c1-22(2)14-9-7-12(8-10-14)16-21-23(17(19,20)24-16)11-13-5-3-4-6-15(13)18/h3-11H,1-2H3/b23-11-. The van der Waals surface area contributed by atoms with Crippen LogP contribution in [-0.4, -0.2) is 37.8 Å². The Labute approximate surface area is 147 Å². The molecule has 2 aromatic carbocycles. The molecule has 1 heterocycles. The van der Waals surface area contributed by atoms with Gasteiger partial charge in [0.1, 0.15) is 0 Å². The van der Waals surface area contributed by atoms with E-state index in [1.807, 2.05) is 37.2 Å². The molecule has 3 rings (SSSR count). The van der Waals surface area contributed by atoms with E-state index in [1.54, 1.807) is 30.3 Å². The van der Waals surface area contributed by atoms with Gasteiger partial charge in [-0.3, -0.25) is 0 Å². The van der Waals surface area contributed by atoms with Crippen LogP contribution in [0.25, 0.3) is 0 Å². The monoisotopic (exact) mass is 393 g/mol. The summed E-state index contributed by atoms with van der Waals surface area (Å²) in [4.78, 5) is 1.92. The lowest BCUT2D eigenvalue weighted by Gasteiger charge is -2.13. The van der Waals surface area contributed by atoms with E-state index in [0.717, 1.165) is 5.69 Å². The van der Waals surface area contributed by atoms with Gasteiger partial charge in [0, 0.05) is 35.4 Å². The Kier molecular flexibility index (Phi) is 4.40. The van der Waals surface area contributed by atoms with Crippen molar-refractivity contribution in [3.05, 3.63) is 64.1 Å². The molecule has 0 saturated carbocycles. The average molecular weight is 394 g/mol. The van der Waals surface area contributed by atoms with Crippen LogP contribution in [0.2, 0.25) is 0 Å². The molecule has 0 N–H and O–H groups in total. The number of hydrogen-bond donors (Lipinski definition) is 0. The molecule has 0 radical (unpaired) electrons. The summed E-state index contributed by atoms with van der Waals surface area (Å²) in [6, 6.07) is 14.1. The van der Waals surface area contributed by atoms with E-state index in [0.29, 0.717) is 20.2 Å². The van der Waals surface area contributed by atoms with Gasteiger partial charge in [0.25, 0.3) is 0 Å². The van der Waals surface area contributed by atoms with Crippen molar-refractivity contribution in [2.75, 3.05) is 19.0 Å². The van der Waals surface area contributed by atoms with Crippen LogP contribution in [0.1, 0.15) is 11.1 Å². The Bertz CT molecular complexity index is 822. The van der Waals surface area contributed by atoms with Crippen LogP contribution in [-0.2, 0) is 4.65 Å². The third kappa shape index (κ3) is 3.33. The predicted molar refractivity (Wildman–Crippen MR) is 95.9 cm³/mol. The Morgan fingerprint density at radius 3 is 2.42 bits per heavy atom. The minimum absolute atomic E-state index is 0.0893. The van der Waals surface area contributed by atoms with Crippen molar-refractivity contribution in [2.45, 2.75) is 0 Å². The molecule has 8 heteroatoms. The molecule has 1 aliphatic rings. The van der Waals surface area contributed by atoms with Crippen LogP contribution < -0.4 is 4.90 Å². The number of halogens is 3. The summed E-state index contributed by atoms with van der Waals surface area (Å²) in [6.45, 7) is 0. The predicted octanol–water partition coefficient (Wildman–Crippen LogP) is 3.71. The molecule has 0 aliphatic carbocycles. The normalized spacial score (nSPS) is 17.5. The average Bonchev–Trinajstić information content (AvgIpc) is 2.84. The smallest absolute Gasteiger partial charge is 0.580 e. The third-order valence-corrected chi connectivity index (χ3v) is 4.30. The molecular formula is C16H15BBrF2N3O. The quantitative estimate of drug-likeness (QED) is 0.743. The Hall–Kier alpha value is -2.22. The molecule has 0 unspecified atom stereocenters. The van der Waals surface area contributed by atoms with Gasteiger partial charge in [0.15, 0.2) is 6.21 Å². The number of nitrogens with zero attached hydrogens (tertiary/aromatic N) is 3. The third-order valence-electron chi connectivity index (χ3n) is 3.57. The zero-order chi connectivity index (χ0) is 17.3. The van der Waals surface area contributed by atoms with Crippen molar-refractivity contribution in [1.82, 2.24) is 0 Å². The van der Waals surface area contributed by atoms with Gasteiger partial charge in [0.2, 0.25) is 5.90 Å². The number of hydrogen-bond acceptors (Lipinski definition) is 3. The lowest BCUT2D eigenvalue weighted by molar-refractivity contribution is -0.425. The maximum atomic E-state index is 14.2. The topological polar surface area (TPSA) is 27.8 Å². The van der Waals surface area contributed by atoms with Crippen LogP contribution in [0, 0.1) is 0 Å². The van der Waals surface area contributed by atoms with E-state index in [1.165, 1.54) is 6.21 Å². The van der Waals surface area contributed by atoms with E-state index in [4.69, 9.17) is 4.65 Å². The summed E-state index contributed by atoms with van der Waals surface area (Å²) in [5.74, 6) is -0.0893. The summed E-state index contributed by atoms with van der Waals surface area (Å²) in [5, 5.41) is 3.94. The van der Waals surface area contributed by atoms with E-state index >= 15 is 0 Å². The lowest BCUT2D eigenvalue weighted by Crippen LogP contribution is -2.36. The van der Waals surface area contributed by atoms with E-state index in [-0.39, 0.29) is 5.90 Å². The largest absolute Gasteiger partial charge is 0.859 e. The van der Waals surface area contributed by atoms with Crippen molar-refractivity contribution in [1.29, 1.82) is 0 Å². The van der Waals surface area contributed by atoms with Crippen LogP contribution in [0.4, 0.5) is 14.3 Å². The van der Waals surface area contributed by atoms with Crippen LogP contribution in [0.5, 0.6) is 0 Å². The number of anilines is 1. The molecule has 0 atom stereocenters. The summed E-state index contributed by atoms with van der Waals surface area (Å²) in [5.41, 5.74) is 2.06. The van der Waals surface area contributed by atoms with Crippen molar-refractivity contribution >= 4 is 40.8 Å². The molecule has 1 aliphatic heterocycles. The van der Waals surface area contributed by atoms with Gasteiger partial charge in [-0.1, -0.05) is 12.1 Å². The minimum atomic E-state index is -4.25. The highest BCUT2D eigenvalue weighted by Crippen LogP contribution is 2.24. The van der Waals surface area contributed by atoms with Gasteiger partial charge in [-0.2, -0.15) is 4.60 Å². The maximum Gasteiger partial charge on any atom is 0.859 e. The van der Waals surface area contributed by atoms with Crippen LogP contribution in [0.3, 0.4) is 0 Å². The zero-order valence-corrected chi connectivity index (χ0v) is 14.7. The van der Waals surface area contributed by atoms with Gasteiger partial charge in [-0.25, -0.2) is 0 Å². The van der Waals surface area contributed by atoms with E-state index in [9.17, 15) is 8.63 Å². The fraction of sp³-hybridized carbons (Fsp3) is 0.125. The fourth-order valence-corrected chi connectivity index (χ4v) is 2.64. The van der Waals surface area contributed by atoms with Crippen LogP contribution >= 0.6 is 15.9 Å². The highest BCUT2D eigenvalue weighted by Gasteiger charge is 2.54. The van der Waals surface area contributed by atoms with Crippen molar-refractivity contribution in [3.8, 4) is 0 Å². The molecule has 0 aromatic heterocycles. The first-order valence-corrected chi connectivity index (χ1v) is 8.10. The van der Waals surface area contributed by atoms with Crippen molar-refractivity contribution in [2.24, 2.45) is 5.10 Å². The second-order valence-corrected chi connectivity index (χ2v) is 6.41. The number of rotatable bonds is 3. The van der Waals surface area contributed by atoms with Gasteiger partial charge in [0.05, 0.1) is 0 Å². The fourth-order valence-electron chi connectivity index (χ4n) is 2.25. The first-order valence-electron chi connectivity index (χ1n) is 7.31. The molecule has 0 fully saturated rings. The Balaban J connectivity index is 1.95. The van der Waals surface area contributed by atoms with Gasteiger partial charge in [-0.05, 0) is 57.4 Å². The molecular weight excluding hydrogens is 379 g/mol. The number of benzene rings is 2. The second kappa shape index (κ2) is 6.35. The maximum absolute atomic E-state index is 14.2. The van der Waals surface area contributed by atoms with Gasteiger partial charge in [-0.15, -0.1) is 0 Å². The Morgan fingerprint density at radius 2 is 1.79 bits per heavy atom. The molecule has 124 valence electrons. The van der Waals surface area contributed by atoms with Gasteiger partial charge >= 0.3 is 7.04 Å². The van der Waals surface area contributed by atoms with Gasteiger partial charge < -0.3 is 18.2 Å². The zero-order valence-electron chi connectivity index (χ0n) is 13.2. The highest BCUT2D eigenvalue weighted by molar-refractivity contribution is 9.10.